The second-order valence-corrected chi connectivity index (χ2v) is 8.02. The van der Waals surface area contributed by atoms with Crippen molar-refractivity contribution in [3.63, 3.8) is 0 Å². The summed E-state index contributed by atoms with van der Waals surface area (Å²) in [6.45, 7) is 1.98. The van der Waals surface area contributed by atoms with Crippen LogP contribution < -0.4 is 5.32 Å². The van der Waals surface area contributed by atoms with Gasteiger partial charge in [-0.1, -0.05) is 66.4 Å². The number of fused-ring (bicyclic) bond motifs is 3. The van der Waals surface area contributed by atoms with Crippen LogP contribution >= 0.6 is 11.8 Å². The monoisotopic (exact) mass is 398 g/mol. The smallest absolute Gasteiger partial charge is 0.225 e. The van der Waals surface area contributed by atoms with Crippen LogP contribution in [0.15, 0.2) is 65.8 Å². The third-order valence-corrected chi connectivity index (χ3v) is 5.90. The van der Waals surface area contributed by atoms with Gasteiger partial charge in [-0.15, -0.1) is 10.2 Å². The number of hydrogen-bond acceptors (Lipinski definition) is 5. The fourth-order valence-electron chi connectivity index (χ4n) is 3.64. The Balaban J connectivity index is 1.29. The van der Waals surface area contributed by atoms with Crippen molar-refractivity contribution < 1.29 is 4.79 Å². The molecule has 0 fully saturated rings. The minimum absolute atomic E-state index is 0.0157. The molecular weight excluding hydrogens is 380 g/mol. The van der Waals surface area contributed by atoms with Gasteiger partial charge in [0.25, 0.3) is 0 Å². The summed E-state index contributed by atoms with van der Waals surface area (Å²) in [6.07, 6.45) is 0.384. The van der Waals surface area contributed by atoms with Crippen molar-refractivity contribution in [3.8, 4) is 22.5 Å². The largest absolute Gasteiger partial charge is 0.326 e. The summed E-state index contributed by atoms with van der Waals surface area (Å²) in [7, 11) is 0. The maximum atomic E-state index is 12.2. The van der Waals surface area contributed by atoms with Gasteiger partial charge in [-0.05, 0) is 23.9 Å². The molecular formula is C23H18N4OS. The van der Waals surface area contributed by atoms with Gasteiger partial charge < -0.3 is 5.32 Å². The van der Waals surface area contributed by atoms with Gasteiger partial charge in [-0.3, -0.25) is 4.79 Å². The Labute approximate surface area is 172 Å². The van der Waals surface area contributed by atoms with E-state index in [1.54, 1.807) is 0 Å². The molecule has 0 saturated carbocycles. The maximum absolute atomic E-state index is 12.2. The van der Waals surface area contributed by atoms with Gasteiger partial charge in [-0.2, -0.15) is 0 Å². The molecule has 1 heterocycles. The molecule has 3 aromatic carbocycles. The molecule has 4 aromatic rings. The van der Waals surface area contributed by atoms with Crippen LogP contribution in [0.5, 0.6) is 0 Å². The van der Waals surface area contributed by atoms with E-state index in [-0.39, 0.29) is 5.91 Å². The van der Waals surface area contributed by atoms with E-state index in [4.69, 9.17) is 4.98 Å². The maximum Gasteiger partial charge on any atom is 0.225 e. The van der Waals surface area contributed by atoms with Crippen LogP contribution in [0.1, 0.15) is 12.0 Å². The first kappa shape index (κ1) is 17.8. The molecule has 1 aliphatic rings. The predicted molar refractivity (Wildman–Crippen MR) is 117 cm³/mol. The number of aryl methyl sites for hydroxylation is 1. The Hall–Kier alpha value is -3.25. The molecule has 1 N–H and O–H groups in total. The van der Waals surface area contributed by atoms with Crippen molar-refractivity contribution in [1.82, 2.24) is 15.2 Å². The lowest BCUT2D eigenvalue weighted by Crippen LogP contribution is -2.13. The molecule has 0 saturated heterocycles. The molecule has 0 bridgehead atoms. The Bertz CT molecular complexity index is 1250. The van der Waals surface area contributed by atoms with Crippen molar-refractivity contribution in [2.24, 2.45) is 0 Å². The third kappa shape index (κ3) is 3.25. The lowest BCUT2D eigenvalue weighted by atomic mass is 10.0. The first-order valence-electron chi connectivity index (χ1n) is 9.46. The summed E-state index contributed by atoms with van der Waals surface area (Å²) in [5, 5.41) is 14.6. The zero-order valence-corrected chi connectivity index (χ0v) is 16.7. The highest BCUT2D eigenvalue weighted by molar-refractivity contribution is 7.99. The fraction of sp³-hybridized carbons (Fsp3) is 0.130. The minimum Gasteiger partial charge on any atom is -0.326 e. The molecule has 6 heteroatoms. The van der Waals surface area contributed by atoms with Crippen molar-refractivity contribution in [2.75, 3.05) is 11.1 Å². The summed E-state index contributed by atoms with van der Waals surface area (Å²) in [6, 6.07) is 20.2. The van der Waals surface area contributed by atoms with Crippen LogP contribution in [0.4, 0.5) is 5.69 Å². The number of rotatable bonds is 5. The van der Waals surface area contributed by atoms with Gasteiger partial charge in [0.1, 0.15) is 11.4 Å². The van der Waals surface area contributed by atoms with Gasteiger partial charge in [0.2, 0.25) is 11.1 Å². The van der Waals surface area contributed by atoms with E-state index < -0.39 is 0 Å². The van der Waals surface area contributed by atoms with Gasteiger partial charge in [0.05, 0.1) is 0 Å². The number of amides is 1. The summed E-state index contributed by atoms with van der Waals surface area (Å²) in [5.74, 6) is 0.577. The second-order valence-electron chi connectivity index (χ2n) is 6.96. The number of nitrogens with zero attached hydrogens (tertiary/aromatic N) is 3. The van der Waals surface area contributed by atoms with E-state index >= 15 is 0 Å². The van der Waals surface area contributed by atoms with Gasteiger partial charge in [-0.25, -0.2) is 4.98 Å². The van der Waals surface area contributed by atoms with Crippen LogP contribution in [0, 0.1) is 6.92 Å². The van der Waals surface area contributed by atoms with Gasteiger partial charge >= 0.3 is 0 Å². The van der Waals surface area contributed by atoms with E-state index in [1.807, 2.05) is 43.3 Å². The number of anilines is 1. The average molecular weight is 398 g/mol. The summed E-state index contributed by atoms with van der Waals surface area (Å²) < 4.78 is 0. The highest BCUT2D eigenvalue weighted by atomic mass is 32.2. The average Bonchev–Trinajstić information content (AvgIpc) is 3.05. The quantitative estimate of drug-likeness (QED) is 0.417. The normalized spacial score (nSPS) is 11.5. The number of benzene rings is 3. The van der Waals surface area contributed by atoms with Crippen molar-refractivity contribution in [1.29, 1.82) is 0 Å². The van der Waals surface area contributed by atoms with E-state index in [9.17, 15) is 4.79 Å². The summed E-state index contributed by atoms with van der Waals surface area (Å²) >= 11 is 1.45. The SMILES string of the molecule is Cc1ccccc1NC(=O)CCSc1nnc2c(n1)-c1cccc3cccc-2c13. The lowest BCUT2D eigenvalue weighted by Gasteiger charge is -2.07. The molecule has 142 valence electrons. The van der Waals surface area contributed by atoms with Crippen LogP contribution in [-0.2, 0) is 4.79 Å². The molecule has 0 aliphatic heterocycles. The Morgan fingerprint density at radius 2 is 1.69 bits per heavy atom. The van der Waals surface area contributed by atoms with E-state index in [0.717, 1.165) is 33.8 Å². The topological polar surface area (TPSA) is 67.8 Å². The summed E-state index contributed by atoms with van der Waals surface area (Å²) in [5.41, 5.74) is 5.79. The second kappa shape index (κ2) is 7.29. The minimum atomic E-state index is -0.0157. The standard InChI is InChI=1S/C23H18N4OS/c1-14-6-2-3-11-18(14)24-19(28)12-13-29-23-25-21-16-9-4-7-15-8-5-10-17(20(15)16)22(21)26-27-23/h2-11H,12-13H2,1H3,(H,24,28). The predicted octanol–water partition coefficient (Wildman–Crippen LogP) is 5.10. The molecule has 0 spiro atoms. The third-order valence-electron chi connectivity index (χ3n) is 5.06. The first-order valence-corrected chi connectivity index (χ1v) is 10.4. The summed E-state index contributed by atoms with van der Waals surface area (Å²) in [4.78, 5) is 17.0. The Morgan fingerprint density at radius 3 is 2.48 bits per heavy atom. The van der Waals surface area contributed by atoms with E-state index in [0.29, 0.717) is 17.3 Å². The molecule has 1 aromatic heterocycles. The number of carbonyl (C=O) groups is 1. The number of para-hydroxylation sites is 1. The number of thioether (sulfide) groups is 1. The van der Waals surface area contributed by atoms with Crippen LogP contribution in [-0.4, -0.2) is 26.8 Å². The fourth-order valence-corrected chi connectivity index (χ4v) is 4.36. The Kier molecular flexibility index (Phi) is 4.48. The van der Waals surface area contributed by atoms with E-state index in [1.165, 1.54) is 22.5 Å². The molecule has 0 radical (unpaired) electrons. The lowest BCUT2D eigenvalue weighted by molar-refractivity contribution is -0.115. The van der Waals surface area contributed by atoms with Crippen molar-refractivity contribution in [2.45, 2.75) is 18.5 Å². The van der Waals surface area contributed by atoms with Crippen molar-refractivity contribution >= 4 is 34.1 Å². The highest BCUT2D eigenvalue weighted by Gasteiger charge is 2.24. The van der Waals surface area contributed by atoms with E-state index in [2.05, 4.69) is 39.8 Å². The van der Waals surface area contributed by atoms with Crippen LogP contribution in [0.3, 0.4) is 0 Å². The molecule has 0 unspecified atom stereocenters. The number of aromatic nitrogens is 3. The number of carbonyl (C=O) groups excluding carboxylic acids is 1. The van der Waals surface area contributed by atoms with Crippen LogP contribution in [0.25, 0.3) is 33.3 Å². The molecule has 1 aliphatic carbocycles. The zero-order valence-electron chi connectivity index (χ0n) is 15.8. The molecule has 29 heavy (non-hydrogen) atoms. The van der Waals surface area contributed by atoms with Gasteiger partial charge in [0.15, 0.2) is 0 Å². The highest BCUT2D eigenvalue weighted by Crippen LogP contribution is 2.44. The molecule has 0 atom stereocenters. The number of hydrogen-bond donors (Lipinski definition) is 1. The Morgan fingerprint density at radius 1 is 0.931 bits per heavy atom. The molecule has 5 rings (SSSR count). The van der Waals surface area contributed by atoms with Crippen LogP contribution in [0.2, 0.25) is 0 Å². The number of nitrogens with one attached hydrogen (secondary N) is 1. The zero-order chi connectivity index (χ0) is 19.8. The van der Waals surface area contributed by atoms with Crippen molar-refractivity contribution in [3.05, 3.63) is 66.2 Å². The molecule has 1 amide bonds. The van der Waals surface area contributed by atoms with Gasteiger partial charge in [0, 0.05) is 34.4 Å². The molecule has 5 nitrogen and oxygen atoms in total. The first-order chi connectivity index (χ1) is 14.2.